The number of para-hydroxylation sites is 1. The number of carbonyl (C=O) groups excluding carboxylic acids is 2. The second kappa shape index (κ2) is 4.48. The zero-order chi connectivity index (χ0) is 14.4. The van der Waals surface area contributed by atoms with Gasteiger partial charge in [-0.3, -0.25) is 9.59 Å². The standard InChI is InChI=1S/C16H15N3O2/c20-15-8-14-13-6-3-7-18(13)12-5-2-1-4-11(12)10-19(14)16(21)9-17-15/h1-7,14H,8-10H2,(H,17,20). The minimum absolute atomic E-state index is 0.0321. The summed E-state index contributed by atoms with van der Waals surface area (Å²) in [5.41, 5.74) is 3.17. The van der Waals surface area contributed by atoms with Crippen LogP contribution in [0.2, 0.25) is 0 Å². The maximum absolute atomic E-state index is 12.4. The van der Waals surface area contributed by atoms with Gasteiger partial charge < -0.3 is 14.8 Å². The summed E-state index contributed by atoms with van der Waals surface area (Å²) in [7, 11) is 0. The zero-order valence-corrected chi connectivity index (χ0v) is 11.5. The van der Waals surface area contributed by atoms with Gasteiger partial charge in [0.05, 0.1) is 24.7 Å². The predicted octanol–water partition coefficient (Wildman–Crippen LogP) is 1.38. The number of hydrogen-bond acceptors (Lipinski definition) is 2. The first-order valence-electron chi connectivity index (χ1n) is 7.06. The number of rotatable bonds is 0. The van der Waals surface area contributed by atoms with Gasteiger partial charge in [0.15, 0.2) is 0 Å². The number of carbonyl (C=O) groups is 2. The Balaban J connectivity index is 1.93. The number of amides is 2. The van der Waals surface area contributed by atoms with Crippen LogP contribution in [0.3, 0.4) is 0 Å². The lowest BCUT2D eigenvalue weighted by molar-refractivity contribution is -0.132. The average molecular weight is 281 g/mol. The van der Waals surface area contributed by atoms with Gasteiger partial charge in [0, 0.05) is 18.4 Å². The molecule has 1 aromatic carbocycles. The van der Waals surface area contributed by atoms with Crippen LogP contribution in [-0.4, -0.2) is 27.8 Å². The van der Waals surface area contributed by atoms with E-state index in [4.69, 9.17) is 0 Å². The number of nitrogens with one attached hydrogen (secondary N) is 1. The molecule has 1 unspecified atom stereocenters. The minimum Gasteiger partial charge on any atom is -0.347 e. The Morgan fingerprint density at radius 3 is 2.86 bits per heavy atom. The molecule has 106 valence electrons. The molecule has 5 heteroatoms. The van der Waals surface area contributed by atoms with Gasteiger partial charge in [-0.15, -0.1) is 0 Å². The summed E-state index contributed by atoms with van der Waals surface area (Å²) in [6, 6.07) is 11.8. The summed E-state index contributed by atoms with van der Waals surface area (Å²) in [6.45, 7) is 0.620. The lowest BCUT2D eigenvalue weighted by Gasteiger charge is -2.27. The number of hydrogen-bond donors (Lipinski definition) is 1. The van der Waals surface area contributed by atoms with E-state index in [0.29, 0.717) is 13.0 Å². The largest absolute Gasteiger partial charge is 0.347 e. The maximum atomic E-state index is 12.4. The Morgan fingerprint density at radius 1 is 1.10 bits per heavy atom. The van der Waals surface area contributed by atoms with Crippen molar-refractivity contribution >= 4 is 11.8 Å². The van der Waals surface area contributed by atoms with Crippen molar-refractivity contribution in [3.8, 4) is 5.69 Å². The highest BCUT2D eigenvalue weighted by Crippen LogP contribution is 2.34. The summed E-state index contributed by atoms with van der Waals surface area (Å²) in [4.78, 5) is 26.1. The summed E-state index contributed by atoms with van der Waals surface area (Å²) < 4.78 is 2.09. The number of fused-ring (bicyclic) bond motifs is 5. The molecule has 1 saturated heterocycles. The summed E-state index contributed by atoms with van der Waals surface area (Å²) in [6.07, 6.45) is 2.30. The normalized spacial score (nSPS) is 20.8. The molecule has 0 bridgehead atoms. The second-order valence-corrected chi connectivity index (χ2v) is 5.45. The zero-order valence-electron chi connectivity index (χ0n) is 11.5. The molecule has 4 rings (SSSR count). The van der Waals surface area contributed by atoms with Crippen LogP contribution in [0.15, 0.2) is 42.6 Å². The van der Waals surface area contributed by atoms with Crippen molar-refractivity contribution in [2.24, 2.45) is 0 Å². The molecule has 2 aromatic rings. The number of aromatic nitrogens is 1. The van der Waals surface area contributed by atoms with Crippen LogP contribution >= 0.6 is 0 Å². The molecule has 2 amide bonds. The third kappa shape index (κ3) is 1.85. The Bertz CT molecular complexity index is 735. The molecule has 1 N–H and O–H groups in total. The molecule has 0 aliphatic carbocycles. The highest BCUT2D eigenvalue weighted by Gasteiger charge is 2.35. The summed E-state index contributed by atoms with van der Waals surface area (Å²) in [5.74, 6) is -0.107. The van der Waals surface area contributed by atoms with Crippen molar-refractivity contribution in [3.63, 3.8) is 0 Å². The van der Waals surface area contributed by atoms with Crippen molar-refractivity contribution < 1.29 is 9.59 Å². The summed E-state index contributed by atoms with van der Waals surface area (Å²) in [5, 5.41) is 2.68. The van der Waals surface area contributed by atoms with Crippen LogP contribution < -0.4 is 5.32 Å². The highest BCUT2D eigenvalue weighted by atomic mass is 16.2. The van der Waals surface area contributed by atoms with E-state index in [2.05, 4.69) is 16.0 Å². The first-order valence-corrected chi connectivity index (χ1v) is 7.06. The maximum Gasteiger partial charge on any atom is 0.242 e. The highest BCUT2D eigenvalue weighted by molar-refractivity contribution is 5.88. The van der Waals surface area contributed by atoms with Gasteiger partial charge in [-0.2, -0.15) is 0 Å². The third-order valence-corrected chi connectivity index (χ3v) is 4.23. The van der Waals surface area contributed by atoms with E-state index < -0.39 is 0 Å². The molecule has 1 aromatic heterocycles. The van der Waals surface area contributed by atoms with Crippen LogP contribution in [0.1, 0.15) is 23.7 Å². The topological polar surface area (TPSA) is 54.3 Å². The van der Waals surface area contributed by atoms with Crippen molar-refractivity contribution in [1.29, 1.82) is 0 Å². The van der Waals surface area contributed by atoms with Crippen LogP contribution in [0.5, 0.6) is 0 Å². The minimum atomic E-state index is -0.206. The van der Waals surface area contributed by atoms with Gasteiger partial charge in [-0.25, -0.2) is 0 Å². The first-order chi connectivity index (χ1) is 10.2. The fourth-order valence-corrected chi connectivity index (χ4v) is 3.22. The molecular formula is C16H15N3O2. The van der Waals surface area contributed by atoms with Gasteiger partial charge in [0.2, 0.25) is 11.8 Å². The van der Waals surface area contributed by atoms with E-state index >= 15 is 0 Å². The van der Waals surface area contributed by atoms with E-state index in [0.717, 1.165) is 16.9 Å². The summed E-state index contributed by atoms with van der Waals surface area (Å²) >= 11 is 0. The molecule has 1 fully saturated rings. The Hall–Kier alpha value is -2.56. The number of benzene rings is 1. The van der Waals surface area contributed by atoms with E-state index in [9.17, 15) is 9.59 Å². The molecule has 3 heterocycles. The Morgan fingerprint density at radius 2 is 1.95 bits per heavy atom. The Kier molecular flexibility index (Phi) is 2.60. The van der Waals surface area contributed by atoms with Crippen molar-refractivity contribution in [2.75, 3.05) is 6.54 Å². The average Bonchev–Trinajstić information content (AvgIpc) is 2.88. The van der Waals surface area contributed by atoms with Gasteiger partial charge in [0.25, 0.3) is 0 Å². The molecule has 2 aliphatic rings. The van der Waals surface area contributed by atoms with Crippen molar-refractivity contribution in [1.82, 2.24) is 14.8 Å². The first kappa shape index (κ1) is 12.2. The fraction of sp³-hybridized carbons (Fsp3) is 0.250. The third-order valence-electron chi connectivity index (χ3n) is 4.23. The SMILES string of the molecule is O=C1CC2c3cccn3-c3ccccc3CN2C(=O)CN1. The molecule has 0 radical (unpaired) electrons. The van der Waals surface area contributed by atoms with Crippen LogP contribution in [0, 0.1) is 0 Å². The van der Waals surface area contributed by atoms with Gasteiger partial charge >= 0.3 is 0 Å². The van der Waals surface area contributed by atoms with E-state index in [1.54, 1.807) is 0 Å². The fourth-order valence-electron chi connectivity index (χ4n) is 3.22. The molecule has 0 spiro atoms. The van der Waals surface area contributed by atoms with Gasteiger partial charge in [-0.05, 0) is 23.8 Å². The van der Waals surface area contributed by atoms with E-state index in [-0.39, 0.29) is 24.4 Å². The number of nitrogens with zero attached hydrogens (tertiary/aromatic N) is 2. The van der Waals surface area contributed by atoms with Crippen molar-refractivity contribution in [2.45, 2.75) is 19.0 Å². The molecule has 0 saturated carbocycles. The monoisotopic (exact) mass is 281 g/mol. The predicted molar refractivity (Wildman–Crippen MR) is 76.7 cm³/mol. The molecule has 5 nitrogen and oxygen atoms in total. The smallest absolute Gasteiger partial charge is 0.242 e. The molecular weight excluding hydrogens is 266 g/mol. The van der Waals surface area contributed by atoms with Crippen LogP contribution in [0.4, 0.5) is 0 Å². The van der Waals surface area contributed by atoms with Gasteiger partial charge in [-0.1, -0.05) is 18.2 Å². The second-order valence-electron chi connectivity index (χ2n) is 5.45. The molecule has 1 atom stereocenters. The molecule has 2 aliphatic heterocycles. The van der Waals surface area contributed by atoms with Crippen LogP contribution in [0.25, 0.3) is 5.69 Å². The van der Waals surface area contributed by atoms with E-state index in [1.165, 1.54) is 0 Å². The Labute approximate surface area is 122 Å². The lowest BCUT2D eigenvalue weighted by atomic mass is 10.1. The van der Waals surface area contributed by atoms with E-state index in [1.807, 2.05) is 41.4 Å². The van der Waals surface area contributed by atoms with Gasteiger partial charge in [0.1, 0.15) is 0 Å². The molecule has 21 heavy (non-hydrogen) atoms. The lowest BCUT2D eigenvalue weighted by Crippen LogP contribution is -2.36. The van der Waals surface area contributed by atoms with Crippen LogP contribution in [-0.2, 0) is 16.1 Å². The quantitative estimate of drug-likeness (QED) is 0.793. The van der Waals surface area contributed by atoms with Crippen molar-refractivity contribution in [3.05, 3.63) is 53.9 Å².